The van der Waals surface area contributed by atoms with Crippen molar-refractivity contribution in [3.63, 3.8) is 0 Å². The van der Waals surface area contributed by atoms with Crippen LogP contribution in [0.3, 0.4) is 0 Å². The van der Waals surface area contributed by atoms with Gasteiger partial charge in [0.1, 0.15) is 5.65 Å². The van der Waals surface area contributed by atoms with E-state index in [9.17, 15) is 9.59 Å². The molecule has 1 atom stereocenters. The second kappa shape index (κ2) is 10.1. The molecule has 2 aromatic heterocycles. The van der Waals surface area contributed by atoms with Gasteiger partial charge in [0.15, 0.2) is 0 Å². The number of hydrogen-bond acceptors (Lipinski definition) is 4. The first-order valence-electron chi connectivity index (χ1n) is 7.20. The first-order chi connectivity index (χ1) is 10.5. The average Bonchev–Trinajstić information content (AvgIpc) is 2.92. The molecule has 2 amide bonds. The normalized spacial score (nSPS) is 11.3. The Bertz CT molecular complexity index is 642. The second-order valence-corrected chi connectivity index (χ2v) is 5.46. The number of fused-ring (bicyclic) bond motifs is 1. The van der Waals surface area contributed by atoms with Crippen LogP contribution in [0.4, 0.5) is 0 Å². The van der Waals surface area contributed by atoms with E-state index in [1.165, 1.54) is 0 Å². The summed E-state index contributed by atoms with van der Waals surface area (Å²) in [6.07, 6.45) is 3.74. The Balaban J connectivity index is 0.00000264. The quantitative estimate of drug-likeness (QED) is 0.697. The van der Waals surface area contributed by atoms with E-state index in [-0.39, 0.29) is 49.1 Å². The molecular weight excluding hydrogens is 353 g/mol. The van der Waals surface area contributed by atoms with Crippen LogP contribution >= 0.6 is 24.8 Å². The maximum Gasteiger partial charge on any atom is 0.239 e. The Morgan fingerprint density at radius 3 is 2.58 bits per heavy atom. The number of nitrogens with zero attached hydrogens (tertiary/aromatic N) is 2. The van der Waals surface area contributed by atoms with E-state index < -0.39 is 6.04 Å². The van der Waals surface area contributed by atoms with Crippen LogP contribution in [0.2, 0.25) is 0 Å². The maximum absolute atomic E-state index is 11.7. The zero-order valence-electron chi connectivity index (χ0n) is 13.6. The summed E-state index contributed by atoms with van der Waals surface area (Å²) in [5, 5.41) is 5.24. The van der Waals surface area contributed by atoms with Gasteiger partial charge >= 0.3 is 0 Å². The van der Waals surface area contributed by atoms with Crippen LogP contribution in [0.25, 0.3) is 5.65 Å². The Hall–Kier alpha value is -1.83. The molecule has 0 radical (unpaired) electrons. The van der Waals surface area contributed by atoms with Crippen LogP contribution in [0.15, 0.2) is 30.6 Å². The molecule has 24 heavy (non-hydrogen) atoms. The molecule has 0 aliphatic heterocycles. The summed E-state index contributed by atoms with van der Waals surface area (Å²) >= 11 is 0. The number of aromatic nitrogens is 2. The molecule has 0 spiro atoms. The van der Waals surface area contributed by atoms with E-state index in [0.717, 1.165) is 11.3 Å². The highest BCUT2D eigenvalue weighted by molar-refractivity contribution is 5.87. The van der Waals surface area contributed by atoms with Crippen LogP contribution in [-0.4, -0.2) is 33.8 Å². The Morgan fingerprint density at radius 2 is 1.96 bits per heavy atom. The predicted octanol–water partition coefficient (Wildman–Crippen LogP) is 0.894. The summed E-state index contributed by atoms with van der Waals surface area (Å²) in [6, 6.07) is 5.09. The summed E-state index contributed by atoms with van der Waals surface area (Å²) in [5.74, 6) is -0.569. The third-order valence-electron chi connectivity index (χ3n) is 3.32. The second-order valence-electron chi connectivity index (χ2n) is 5.46. The third-order valence-corrected chi connectivity index (χ3v) is 3.32. The number of pyridine rings is 1. The van der Waals surface area contributed by atoms with Crippen LogP contribution in [-0.2, 0) is 16.1 Å². The van der Waals surface area contributed by atoms with Gasteiger partial charge in [-0.1, -0.05) is 19.9 Å². The summed E-state index contributed by atoms with van der Waals surface area (Å²) in [5.41, 5.74) is 7.27. The predicted molar refractivity (Wildman–Crippen MR) is 97.4 cm³/mol. The van der Waals surface area contributed by atoms with Gasteiger partial charge < -0.3 is 20.8 Å². The van der Waals surface area contributed by atoms with E-state index in [2.05, 4.69) is 15.6 Å². The lowest BCUT2D eigenvalue weighted by molar-refractivity contribution is -0.127. The lowest BCUT2D eigenvalue weighted by Gasteiger charge is -2.14. The number of hydrogen-bond donors (Lipinski definition) is 3. The molecule has 0 saturated carbocycles. The molecule has 0 aliphatic carbocycles. The largest absolute Gasteiger partial charge is 0.349 e. The van der Waals surface area contributed by atoms with Crippen molar-refractivity contribution in [2.45, 2.75) is 26.4 Å². The first kappa shape index (κ1) is 22.2. The van der Waals surface area contributed by atoms with Gasteiger partial charge in [-0.05, 0) is 18.1 Å². The Morgan fingerprint density at radius 1 is 1.25 bits per heavy atom. The van der Waals surface area contributed by atoms with Crippen molar-refractivity contribution in [2.75, 3.05) is 6.54 Å². The number of nitrogens with one attached hydrogen (secondary N) is 2. The molecule has 2 heterocycles. The fourth-order valence-corrected chi connectivity index (χ4v) is 1.91. The van der Waals surface area contributed by atoms with Gasteiger partial charge in [0.25, 0.3) is 0 Å². The summed E-state index contributed by atoms with van der Waals surface area (Å²) in [4.78, 5) is 27.7. The molecule has 0 unspecified atom stereocenters. The smallest absolute Gasteiger partial charge is 0.239 e. The van der Waals surface area contributed by atoms with Crippen molar-refractivity contribution in [1.29, 1.82) is 0 Å². The van der Waals surface area contributed by atoms with Crippen LogP contribution in [0.1, 0.15) is 19.5 Å². The minimum Gasteiger partial charge on any atom is -0.349 e. The topological polar surface area (TPSA) is 102 Å². The van der Waals surface area contributed by atoms with E-state index in [1.54, 1.807) is 0 Å². The number of nitrogens with two attached hydrogens (primary N) is 1. The van der Waals surface area contributed by atoms with E-state index in [4.69, 9.17) is 5.73 Å². The van der Waals surface area contributed by atoms with Gasteiger partial charge in [-0.2, -0.15) is 0 Å². The van der Waals surface area contributed by atoms with E-state index in [1.807, 2.05) is 48.8 Å². The minimum absolute atomic E-state index is 0. The maximum atomic E-state index is 11.7. The monoisotopic (exact) mass is 375 g/mol. The van der Waals surface area contributed by atoms with Crippen molar-refractivity contribution >= 4 is 42.3 Å². The SMILES string of the molecule is CC(C)[C@H](N)C(=O)NCC(=O)NCc1cn2ccccc2n1.Cl.Cl. The number of carbonyl (C=O) groups is 2. The van der Waals surface area contributed by atoms with Gasteiger partial charge in [-0.25, -0.2) is 4.98 Å². The zero-order valence-corrected chi connectivity index (χ0v) is 15.2. The Kier molecular flexibility index (Phi) is 9.35. The fourth-order valence-electron chi connectivity index (χ4n) is 1.91. The standard InChI is InChI=1S/C15H21N5O2.2ClH/c1-10(2)14(16)15(22)18-8-13(21)17-7-11-9-20-6-4-3-5-12(20)19-11;;/h3-6,9-10,14H,7-8,16H2,1-2H3,(H,17,21)(H,18,22);2*1H/t14-;;/m0../s1. The summed E-state index contributed by atoms with van der Waals surface area (Å²) < 4.78 is 1.88. The molecule has 134 valence electrons. The highest BCUT2D eigenvalue weighted by Gasteiger charge is 2.17. The van der Waals surface area contributed by atoms with Crippen molar-refractivity contribution in [2.24, 2.45) is 11.7 Å². The molecule has 2 rings (SSSR count). The molecular formula is C15H23Cl2N5O2. The van der Waals surface area contributed by atoms with Gasteiger partial charge in [0.2, 0.25) is 11.8 Å². The molecule has 2 aromatic rings. The molecule has 7 nitrogen and oxygen atoms in total. The van der Waals surface area contributed by atoms with Crippen LogP contribution in [0.5, 0.6) is 0 Å². The van der Waals surface area contributed by atoms with Gasteiger partial charge in [0, 0.05) is 12.4 Å². The van der Waals surface area contributed by atoms with Gasteiger partial charge in [-0.3, -0.25) is 9.59 Å². The van der Waals surface area contributed by atoms with E-state index >= 15 is 0 Å². The molecule has 0 aliphatic rings. The lowest BCUT2D eigenvalue weighted by Crippen LogP contribution is -2.47. The van der Waals surface area contributed by atoms with Crippen molar-refractivity contribution in [3.8, 4) is 0 Å². The van der Waals surface area contributed by atoms with Crippen LogP contribution in [0, 0.1) is 5.92 Å². The number of imidazole rings is 1. The number of amides is 2. The lowest BCUT2D eigenvalue weighted by atomic mass is 10.1. The van der Waals surface area contributed by atoms with Gasteiger partial charge in [0.05, 0.1) is 24.8 Å². The highest BCUT2D eigenvalue weighted by atomic mass is 35.5. The molecule has 9 heteroatoms. The summed E-state index contributed by atoms with van der Waals surface area (Å²) in [6.45, 7) is 3.93. The average molecular weight is 376 g/mol. The molecule has 0 bridgehead atoms. The first-order valence-corrected chi connectivity index (χ1v) is 7.20. The van der Waals surface area contributed by atoms with Crippen molar-refractivity contribution in [1.82, 2.24) is 20.0 Å². The van der Waals surface area contributed by atoms with Crippen LogP contribution < -0.4 is 16.4 Å². The number of halogens is 2. The van der Waals surface area contributed by atoms with Crippen molar-refractivity contribution < 1.29 is 9.59 Å². The fraction of sp³-hybridized carbons (Fsp3) is 0.400. The molecule has 0 aromatic carbocycles. The highest BCUT2D eigenvalue weighted by Crippen LogP contribution is 2.03. The molecule has 4 N–H and O–H groups in total. The summed E-state index contributed by atoms with van der Waals surface area (Å²) in [7, 11) is 0. The van der Waals surface area contributed by atoms with Gasteiger partial charge in [-0.15, -0.1) is 24.8 Å². The number of carbonyl (C=O) groups excluding carboxylic acids is 2. The minimum atomic E-state index is -0.605. The Labute approximate surface area is 153 Å². The number of rotatable bonds is 6. The molecule has 0 saturated heterocycles. The van der Waals surface area contributed by atoms with E-state index in [0.29, 0.717) is 6.54 Å². The molecule has 0 fully saturated rings. The van der Waals surface area contributed by atoms with Crippen molar-refractivity contribution in [3.05, 3.63) is 36.3 Å². The zero-order chi connectivity index (χ0) is 16.1. The third kappa shape index (κ3) is 5.99.